The maximum Gasteiger partial charge on any atom is 0.335 e. The lowest BCUT2D eigenvalue weighted by Gasteiger charge is -2.27. The van der Waals surface area contributed by atoms with Crippen LogP contribution in [0.5, 0.6) is 11.5 Å². The molecule has 31 heavy (non-hydrogen) atoms. The lowest BCUT2D eigenvalue weighted by atomic mass is 10.1. The smallest absolute Gasteiger partial charge is 0.335 e. The van der Waals surface area contributed by atoms with E-state index in [1.54, 1.807) is 25.1 Å². The number of imide groups is 2. The van der Waals surface area contributed by atoms with Crippen molar-refractivity contribution in [3.05, 3.63) is 57.1 Å². The molecule has 1 N–H and O–H groups in total. The third-order valence-corrected chi connectivity index (χ3v) is 5.13. The molecule has 2 aromatic carbocycles. The van der Waals surface area contributed by atoms with Crippen molar-refractivity contribution in [3.63, 3.8) is 0 Å². The van der Waals surface area contributed by atoms with Crippen molar-refractivity contribution in [3.8, 4) is 23.8 Å². The van der Waals surface area contributed by atoms with Gasteiger partial charge in [0.15, 0.2) is 11.5 Å². The van der Waals surface area contributed by atoms with Gasteiger partial charge >= 0.3 is 6.03 Å². The van der Waals surface area contributed by atoms with Crippen LogP contribution in [-0.4, -0.2) is 31.6 Å². The zero-order chi connectivity index (χ0) is 22.7. The maximum absolute atomic E-state index is 13.1. The van der Waals surface area contributed by atoms with Crippen LogP contribution in [0.2, 0.25) is 10.0 Å². The van der Waals surface area contributed by atoms with Crippen LogP contribution in [0.3, 0.4) is 0 Å². The number of benzene rings is 2. The molecule has 0 radical (unpaired) electrons. The summed E-state index contributed by atoms with van der Waals surface area (Å²) in [6.07, 6.45) is 6.51. The molecule has 1 aliphatic rings. The van der Waals surface area contributed by atoms with Crippen molar-refractivity contribution < 1.29 is 23.9 Å². The Morgan fingerprint density at radius 1 is 1.19 bits per heavy atom. The summed E-state index contributed by atoms with van der Waals surface area (Å²) in [4.78, 5) is 38.8. The van der Waals surface area contributed by atoms with E-state index >= 15 is 0 Å². The van der Waals surface area contributed by atoms with E-state index in [1.165, 1.54) is 25.3 Å². The highest BCUT2D eigenvalue weighted by atomic mass is 35.5. The zero-order valence-electron chi connectivity index (χ0n) is 16.5. The van der Waals surface area contributed by atoms with Crippen molar-refractivity contribution in [2.24, 2.45) is 0 Å². The molecule has 1 saturated heterocycles. The maximum atomic E-state index is 13.1. The summed E-state index contributed by atoms with van der Waals surface area (Å²) in [5.74, 6) is 1.18. The van der Waals surface area contributed by atoms with Crippen molar-refractivity contribution in [1.29, 1.82) is 0 Å². The third kappa shape index (κ3) is 4.36. The Balaban J connectivity index is 2.05. The fraction of sp³-hybridized carbons (Fsp3) is 0.136. The predicted molar refractivity (Wildman–Crippen MR) is 118 cm³/mol. The highest BCUT2D eigenvalue weighted by Gasteiger charge is 2.37. The molecule has 7 nitrogen and oxygen atoms in total. The second-order valence-corrected chi connectivity index (χ2v) is 7.18. The summed E-state index contributed by atoms with van der Waals surface area (Å²) in [6.45, 7) is 1.64. The van der Waals surface area contributed by atoms with E-state index < -0.39 is 17.8 Å². The van der Waals surface area contributed by atoms with Gasteiger partial charge in [-0.25, -0.2) is 9.69 Å². The summed E-state index contributed by atoms with van der Waals surface area (Å²) >= 11 is 12.4. The quantitative estimate of drug-likeness (QED) is 0.415. The summed E-state index contributed by atoms with van der Waals surface area (Å²) < 4.78 is 10.7. The van der Waals surface area contributed by atoms with Gasteiger partial charge < -0.3 is 9.47 Å². The lowest BCUT2D eigenvalue weighted by molar-refractivity contribution is -0.122. The molecule has 3 rings (SSSR count). The molecule has 0 saturated carbocycles. The topological polar surface area (TPSA) is 84.9 Å². The average Bonchev–Trinajstić information content (AvgIpc) is 2.73. The minimum Gasteiger partial charge on any atom is -0.493 e. The second-order valence-electron chi connectivity index (χ2n) is 6.37. The van der Waals surface area contributed by atoms with Crippen molar-refractivity contribution in [2.45, 2.75) is 6.92 Å². The van der Waals surface area contributed by atoms with E-state index in [-0.39, 0.29) is 34.4 Å². The van der Waals surface area contributed by atoms with Gasteiger partial charge in [0.25, 0.3) is 11.8 Å². The molecular weight excluding hydrogens is 443 g/mol. The number of halogens is 2. The largest absolute Gasteiger partial charge is 0.493 e. The molecule has 0 spiro atoms. The summed E-state index contributed by atoms with van der Waals surface area (Å²) in [5.41, 5.74) is 0.892. The Labute approximate surface area is 188 Å². The normalized spacial score (nSPS) is 15.0. The zero-order valence-corrected chi connectivity index (χ0v) is 18.0. The van der Waals surface area contributed by atoms with Crippen LogP contribution in [0.25, 0.3) is 6.08 Å². The summed E-state index contributed by atoms with van der Waals surface area (Å²) in [5, 5.41) is 2.71. The first kappa shape index (κ1) is 22.2. The fourth-order valence-corrected chi connectivity index (χ4v) is 3.40. The highest BCUT2D eigenvalue weighted by Crippen LogP contribution is 2.37. The first-order valence-corrected chi connectivity index (χ1v) is 9.64. The number of urea groups is 1. The Bertz CT molecular complexity index is 1170. The number of barbiturate groups is 1. The van der Waals surface area contributed by atoms with Crippen LogP contribution in [0.1, 0.15) is 11.1 Å². The van der Waals surface area contributed by atoms with Gasteiger partial charge in [-0.1, -0.05) is 35.2 Å². The molecule has 0 atom stereocenters. The molecule has 1 aliphatic heterocycles. The van der Waals surface area contributed by atoms with Crippen LogP contribution in [0.15, 0.2) is 35.9 Å². The van der Waals surface area contributed by atoms with Crippen LogP contribution in [-0.2, 0) is 9.59 Å². The second kappa shape index (κ2) is 9.13. The number of hydrogen-bond donors (Lipinski definition) is 1. The SMILES string of the molecule is C#CCOc1c(Cl)cc(/C=C2\C(=O)NC(=O)N(c3cccc(Cl)c3C)C2=O)cc1OC. The first-order chi connectivity index (χ1) is 14.8. The van der Waals surface area contributed by atoms with Gasteiger partial charge in [0.2, 0.25) is 0 Å². The number of amides is 4. The van der Waals surface area contributed by atoms with Crippen LogP contribution in [0.4, 0.5) is 10.5 Å². The Kier molecular flexibility index (Phi) is 6.54. The van der Waals surface area contributed by atoms with Gasteiger partial charge in [0.1, 0.15) is 12.2 Å². The van der Waals surface area contributed by atoms with Gasteiger partial charge in [-0.05, 0) is 48.4 Å². The van der Waals surface area contributed by atoms with Crippen LogP contribution >= 0.6 is 23.2 Å². The van der Waals surface area contributed by atoms with Gasteiger partial charge in [0, 0.05) is 5.02 Å². The fourth-order valence-electron chi connectivity index (χ4n) is 2.96. The highest BCUT2D eigenvalue weighted by molar-refractivity contribution is 6.40. The van der Waals surface area contributed by atoms with E-state index in [9.17, 15) is 14.4 Å². The van der Waals surface area contributed by atoms with Crippen LogP contribution < -0.4 is 19.7 Å². The molecule has 1 heterocycles. The number of nitrogens with one attached hydrogen (secondary N) is 1. The van der Waals surface area contributed by atoms with Crippen LogP contribution in [0, 0.1) is 19.3 Å². The van der Waals surface area contributed by atoms with E-state index in [1.807, 2.05) is 0 Å². The standard InChI is InChI=1S/C22H16Cl2N2O5/c1-4-8-31-19-16(24)10-13(11-18(19)30-3)9-14-20(27)25-22(29)26(21(14)28)17-7-5-6-15(23)12(17)2/h1,5-7,9-11H,8H2,2-3H3,(H,25,27,29)/b14-9+. The van der Waals surface area contributed by atoms with E-state index in [4.69, 9.17) is 39.1 Å². The Morgan fingerprint density at radius 3 is 2.61 bits per heavy atom. The molecule has 0 aliphatic carbocycles. The first-order valence-electron chi connectivity index (χ1n) is 8.88. The third-order valence-electron chi connectivity index (χ3n) is 4.44. The molecular formula is C22H16Cl2N2O5. The molecule has 2 aromatic rings. The number of ether oxygens (including phenoxy) is 2. The predicted octanol–water partition coefficient (Wildman–Crippen LogP) is 3.99. The molecule has 1 fully saturated rings. The minimum atomic E-state index is -0.869. The van der Waals surface area contributed by atoms with Crippen molar-refractivity contribution in [1.82, 2.24) is 5.32 Å². The summed E-state index contributed by atoms with van der Waals surface area (Å²) in [7, 11) is 1.41. The van der Waals surface area contributed by atoms with Gasteiger partial charge in [-0.15, -0.1) is 6.42 Å². The van der Waals surface area contributed by atoms with E-state index in [0.29, 0.717) is 16.1 Å². The number of methoxy groups -OCH3 is 1. The number of terminal acetylenes is 1. The number of anilines is 1. The summed E-state index contributed by atoms with van der Waals surface area (Å²) in [6, 6.07) is 6.93. The average molecular weight is 459 g/mol. The van der Waals surface area contributed by atoms with Crippen molar-refractivity contribution in [2.75, 3.05) is 18.6 Å². The Hall–Kier alpha value is -3.47. The molecule has 0 bridgehead atoms. The molecule has 158 valence electrons. The number of nitrogens with zero attached hydrogens (tertiary/aromatic N) is 1. The van der Waals surface area contributed by atoms with E-state index in [0.717, 1.165) is 4.90 Å². The number of rotatable bonds is 5. The lowest BCUT2D eigenvalue weighted by Crippen LogP contribution is -2.54. The number of carbonyl (C=O) groups is 3. The van der Waals surface area contributed by atoms with Gasteiger partial charge in [0.05, 0.1) is 17.8 Å². The van der Waals surface area contributed by atoms with Gasteiger partial charge in [-0.3, -0.25) is 14.9 Å². The minimum absolute atomic E-state index is 0.0204. The molecule has 4 amide bonds. The molecule has 0 unspecified atom stereocenters. The number of hydrogen-bond acceptors (Lipinski definition) is 5. The molecule has 0 aromatic heterocycles. The number of carbonyl (C=O) groups excluding carboxylic acids is 3. The van der Waals surface area contributed by atoms with Gasteiger partial charge in [-0.2, -0.15) is 0 Å². The van der Waals surface area contributed by atoms with E-state index in [2.05, 4.69) is 11.2 Å². The Morgan fingerprint density at radius 2 is 1.94 bits per heavy atom. The monoisotopic (exact) mass is 458 g/mol. The molecule has 9 heteroatoms. The van der Waals surface area contributed by atoms with Crippen molar-refractivity contribution >= 4 is 52.8 Å².